The van der Waals surface area contributed by atoms with E-state index in [2.05, 4.69) is 6.92 Å². The largest absolute Gasteiger partial charge is 0.497 e. The molecule has 1 saturated heterocycles. The SMILES string of the molecule is COc1ccc(N(CCC(=O)N2CCCC(C)C2)C(C)=O)c(OC)c1. The summed E-state index contributed by atoms with van der Waals surface area (Å²) in [5.41, 5.74) is 0.649. The number of hydrogen-bond acceptors (Lipinski definition) is 4. The van der Waals surface area contributed by atoms with Crippen molar-refractivity contribution in [2.24, 2.45) is 5.92 Å². The Hall–Kier alpha value is -2.24. The van der Waals surface area contributed by atoms with Gasteiger partial charge in [0.15, 0.2) is 0 Å². The minimum Gasteiger partial charge on any atom is -0.497 e. The number of amides is 2. The first-order valence-electron chi connectivity index (χ1n) is 8.74. The van der Waals surface area contributed by atoms with Gasteiger partial charge in [-0.3, -0.25) is 9.59 Å². The molecule has 25 heavy (non-hydrogen) atoms. The summed E-state index contributed by atoms with van der Waals surface area (Å²) in [6.07, 6.45) is 2.53. The molecule has 1 aromatic carbocycles. The highest BCUT2D eigenvalue weighted by Crippen LogP contribution is 2.32. The van der Waals surface area contributed by atoms with Crippen molar-refractivity contribution >= 4 is 17.5 Å². The van der Waals surface area contributed by atoms with E-state index in [1.807, 2.05) is 4.90 Å². The van der Waals surface area contributed by atoms with Crippen molar-refractivity contribution in [2.75, 3.05) is 38.8 Å². The Kier molecular flexibility index (Phi) is 6.67. The zero-order chi connectivity index (χ0) is 18.4. The van der Waals surface area contributed by atoms with Crippen molar-refractivity contribution in [3.63, 3.8) is 0 Å². The normalized spacial score (nSPS) is 17.1. The lowest BCUT2D eigenvalue weighted by atomic mass is 10.00. The molecular formula is C19H28N2O4. The van der Waals surface area contributed by atoms with Crippen LogP contribution in [0.2, 0.25) is 0 Å². The number of ether oxygens (including phenoxy) is 2. The summed E-state index contributed by atoms with van der Waals surface area (Å²) in [6.45, 7) is 5.63. The summed E-state index contributed by atoms with van der Waals surface area (Å²) in [6, 6.07) is 5.30. The van der Waals surface area contributed by atoms with Crippen molar-refractivity contribution in [1.82, 2.24) is 4.90 Å². The van der Waals surface area contributed by atoms with E-state index < -0.39 is 0 Å². The summed E-state index contributed by atoms with van der Waals surface area (Å²) in [5.74, 6) is 1.73. The van der Waals surface area contributed by atoms with Gasteiger partial charge >= 0.3 is 0 Å². The lowest BCUT2D eigenvalue weighted by molar-refractivity contribution is -0.132. The van der Waals surface area contributed by atoms with Crippen LogP contribution in [0.3, 0.4) is 0 Å². The fraction of sp³-hybridized carbons (Fsp3) is 0.579. The van der Waals surface area contributed by atoms with Gasteiger partial charge < -0.3 is 19.3 Å². The second-order valence-corrected chi connectivity index (χ2v) is 6.55. The molecular weight excluding hydrogens is 320 g/mol. The van der Waals surface area contributed by atoms with Gasteiger partial charge in [-0.2, -0.15) is 0 Å². The highest BCUT2D eigenvalue weighted by atomic mass is 16.5. The van der Waals surface area contributed by atoms with Crippen LogP contribution in [0.25, 0.3) is 0 Å². The van der Waals surface area contributed by atoms with Crippen LogP contribution in [0.15, 0.2) is 18.2 Å². The molecule has 0 aliphatic carbocycles. The highest BCUT2D eigenvalue weighted by Gasteiger charge is 2.23. The maximum absolute atomic E-state index is 12.5. The smallest absolute Gasteiger partial charge is 0.224 e. The fourth-order valence-electron chi connectivity index (χ4n) is 3.24. The molecule has 0 N–H and O–H groups in total. The summed E-state index contributed by atoms with van der Waals surface area (Å²) >= 11 is 0. The van der Waals surface area contributed by atoms with E-state index in [0.717, 1.165) is 19.5 Å². The Morgan fingerprint density at radius 2 is 2.04 bits per heavy atom. The number of hydrogen-bond donors (Lipinski definition) is 0. The van der Waals surface area contributed by atoms with E-state index in [1.54, 1.807) is 37.3 Å². The molecule has 0 bridgehead atoms. The van der Waals surface area contributed by atoms with Gasteiger partial charge in [-0.15, -0.1) is 0 Å². The van der Waals surface area contributed by atoms with Crippen LogP contribution in [-0.4, -0.2) is 50.6 Å². The lowest BCUT2D eigenvalue weighted by Crippen LogP contribution is -2.41. The van der Waals surface area contributed by atoms with Crippen molar-refractivity contribution in [3.8, 4) is 11.5 Å². The number of piperidine rings is 1. The fourth-order valence-corrected chi connectivity index (χ4v) is 3.24. The van der Waals surface area contributed by atoms with Crippen LogP contribution < -0.4 is 14.4 Å². The Balaban J connectivity index is 2.08. The molecule has 1 atom stereocenters. The molecule has 0 spiro atoms. The highest BCUT2D eigenvalue weighted by molar-refractivity contribution is 5.94. The summed E-state index contributed by atoms with van der Waals surface area (Å²) in [7, 11) is 3.13. The minimum absolute atomic E-state index is 0.102. The molecule has 0 saturated carbocycles. The molecule has 1 aromatic rings. The van der Waals surface area contributed by atoms with Crippen molar-refractivity contribution in [1.29, 1.82) is 0 Å². The standard InChI is InChI=1S/C19H28N2O4/c1-14-6-5-10-20(13-14)19(23)9-11-21(15(2)22)17-8-7-16(24-3)12-18(17)25-4/h7-8,12,14H,5-6,9-11,13H2,1-4H3. The Morgan fingerprint density at radius 3 is 2.64 bits per heavy atom. The van der Waals surface area contributed by atoms with Gasteiger partial charge in [-0.25, -0.2) is 0 Å². The van der Waals surface area contributed by atoms with E-state index in [0.29, 0.717) is 36.1 Å². The lowest BCUT2D eigenvalue weighted by Gasteiger charge is -2.32. The predicted molar refractivity (Wildman–Crippen MR) is 97.2 cm³/mol. The van der Waals surface area contributed by atoms with Crippen LogP contribution in [0.1, 0.15) is 33.1 Å². The molecule has 1 aliphatic heterocycles. The summed E-state index contributed by atoms with van der Waals surface area (Å²) in [4.78, 5) is 28.1. The molecule has 6 heteroatoms. The van der Waals surface area contributed by atoms with Gasteiger partial charge in [0, 0.05) is 39.0 Å². The second-order valence-electron chi connectivity index (χ2n) is 6.55. The first kappa shape index (κ1) is 19.1. The first-order valence-corrected chi connectivity index (χ1v) is 8.74. The third-order valence-corrected chi connectivity index (χ3v) is 4.62. The van der Waals surface area contributed by atoms with Crippen LogP contribution in [0.5, 0.6) is 11.5 Å². The number of carbonyl (C=O) groups excluding carboxylic acids is 2. The molecule has 138 valence electrons. The van der Waals surface area contributed by atoms with Crippen molar-refractivity contribution in [3.05, 3.63) is 18.2 Å². The minimum atomic E-state index is -0.122. The maximum Gasteiger partial charge on any atom is 0.224 e. The Bertz CT molecular complexity index is 617. The second kappa shape index (κ2) is 8.74. The monoisotopic (exact) mass is 348 g/mol. The van der Waals surface area contributed by atoms with E-state index in [9.17, 15) is 9.59 Å². The molecule has 0 aromatic heterocycles. The molecule has 1 aliphatic rings. The van der Waals surface area contributed by atoms with Gasteiger partial charge in [-0.1, -0.05) is 6.92 Å². The van der Waals surface area contributed by atoms with Crippen molar-refractivity contribution < 1.29 is 19.1 Å². The number of carbonyl (C=O) groups is 2. The van der Waals surface area contributed by atoms with Gasteiger partial charge in [0.25, 0.3) is 0 Å². The number of nitrogens with zero attached hydrogens (tertiary/aromatic N) is 2. The molecule has 1 fully saturated rings. The van der Waals surface area contributed by atoms with E-state index in [-0.39, 0.29) is 11.8 Å². The number of methoxy groups -OCH3 is 2. The average Bonchev–Trinajstić information content (AvgIpc) is 2.61. The van der Waals surface area contributed by atoms with Crippen molar-refractivity contribution in [2.45, 2.75) is 33.1 Å². The van der Waals surface area contributed by atoms with Crippen LogP contribution in [0, 0.1) is 5.92 Å². The molecule has 0 radical (unpaired) electrons. The molecule has 6 nitrogen and oxygen atoms in total. The quantitative estimate of drug-likeness (QED) is 0.793. The van der Waals surface area contributed by atoms with E-state index >= 15 is 0 Å². The topological polar surface area (TPSA) is 59.1 Å². The maximum atomic E-state index is 12.5. The third-order valence-electron chi connectivity index (χ3n) is 4.62. The zero-order valence-electron chi connectivity index (χ0n) is 15.6. The third kappa shape index (κ3) is 4.87. The van der Waals surface area contributed by atoms with Crippen LogP contribution >= 0.6 is 0 Å². The first-order chi connectivity index (χ1) is 12.0. The number of rotatable bonds is 6. The number of benzene rings is 1. The van der Waals surface area contributed by atoms with E-state index in [4.69, 9.17) is 9.47 Å². The Morgan fingerprint density at radius 1 is 1.28 bits per heavy atom. The summed E-state index contributed by atoms with van der Waals surface area (Å²) < 4.78 is 10.6. The molecule has 2 rings (SSSR count). The van der Waals surface area contributed by atoms with Gasteiger partial charge in [0.1, 0.15) is 11.5 Å². The average molecular weight is 348 g/mol. The van der Waals surface area contributed by atoms with Gasteiger partial charge in [0.05, 0.1) is 19.9 Å². The number of likely N-dealkylation sites (tertiary alicyclic amines) is 1. The Labute approximate surface area is 149 Å². The predicted octanol–water partition coefficient (Wildman–Crippen LogP) is 2.71. The van der Waals surface area contributed by atoms with E-state index in [1.165, 1.54) is 13.3 Å². The summed E-state index contributed by atoms with van der Waals surface area (Å²) in [5, 5.41) is 0. The molecule has 2 amide bonds. The number of anilines is 1. The van der Waals surface area contributed by atoms with Crippen LogP contribution in [-0.2, 0) is 9.59 Å². The van der Waals surface area contributed by atoms with Gasteiger partial charge in [-0.05, 0) is 30.9 Å². The van der Waals surface area contributed by atoms with Gasteiger partial charge in [0.2, 0.25) is 11.8 Å². The molecule has 1 heterocycles. The molecule has 1 unspecified atom stereocenters. The zero-order valence-corrected chi connectivity index (χ0v) is 15.6. The van der Waals surface area contributed by atoms with Crippen LogP contribution in [0.4, 0.5) is 5.69 Å².